The number of carboxylic acids is 1. The summed E-state index contributed by atoms with van der Waals surface area (Å²) in [5.41, 5.74) is 0. The first-order chi connectivity index (χ1) is 7.59. The van der Waals surface area contributed by atoms with E-state index in [0.717, 1.165) is 12.8 Å². The number of amides is 1. The van der Waals surface area contributed by atoms with E-state index >= 15 is 0 Å². The van der Waals surface area contributed by atoms with Crippen LogP contribution in [0.3, 0.4) is 0 Å². The largest absolute Gasteiger partial charge is 0.480 e. The van der Waals surface area contributed by atoms with Crippen LogP contribution >= 0.6 is 0 Å². The van der Waals surface area contributed by atoms with E-state index in [1.807, 2.05) is 0 Å². The number of ether oxygens (including phenoxy) is 1. The van der Waals surface area contributed by atoms with Crippen molar-refractivity contribution in [2.75, 3.05) is 13.2 Å². The highest BCUT2D eigenvalue weighted by Crippen LogP contribution is 2.24. The van der Waals surface area contributed by atoms with E-state index < -0.39 is 12.0 Å². The van der Waals surface area contributed by atoms with E-state index in [1.54, 1.807) is 0 Å². The Bertz CT molecular complexity index is 248. The third-order valence-electron chi connectivity index (χ3n) is 2.79. The summed E-state index contributed by atoms with van der Waals surface area (Å²) in [7, 11) is 0. The molecule has 1 unspecified atom stereocenters. The van der Waals surface area contributed by atoms with Crippen molar-refractivity contribution in [1.29, 1.82) is 0 Å². The van der Waals surface area contributed by atoms with Crippen molar-refractivity contribution < 1.29 is 19.4 Å². The molecule has 0 saturated heterocycles. The fourth-order valence-corrected chi connectivity index (χ4v) is 1.95. The van der Waals surface area contributed by atoms with E-state index in [1.165, 1.54) is 19.8 Å². The highest BCUT2D eigenvalue weighted by Gasteiger charge is 2.20. The van der Waals surface area contributed by atoms with Gasteiger partial charge in [0.25, 0.3) is 0 Å². The fraction of sp³-hybridized carbons (Fsp3) is 0.818. The Kier molecular flexibility index (Phi) is 5.25. The maximum absolute atomic E-state index is 10.8. The highest BCUT2D eigenvalue weighted by molar-refractivity contribution is 5.82. The van der Waals surface area contributed by atoms with E-state index in [2.05, 4.69) is 5.32 Å². The molecule has 2 N–H and O–H groups in total. The summed E-state index contributed by atoms with van der Waals surface area (Å²) in [6.07, 6.45) is 4.81. The Morgan fingerprint density at radius 2 is 2.06 bits per heavy atom. The molecule has 1 saturated carbocycles. The van der Waals surface area contributed by atoms with Gasteiger partial charge in [0.15, 0.2) is 6.04 Å². The Labute approximate surface area is 95.2 Å². The summed E-state index contributed by atoms with van der Waals surface area (Å²) in [6, 6.07) is -0.932. The lowest BCUT2D eigenvalue weighted by atomic mass is 10.1. The summed E-state index contributed by atoms with van der Waals surface area (Å²) in [6.45, 7) is 1.95. The Morgan fingerprint density at radius 1 is 1.44 bits per heavy atom. The quantitative estimate of drug-likeness (QED) is 0.705. The summed E-state index contributed by atoms with van der Waals surface area (Å²) >= 11 is 0. The molecule has 1 fully saturated rings. The number of hydrogen-bond acceptors (Lipinski definition) is 3. The highest BCUT2D eigenvalue weighted by atomic mass is 16.5. The molecule has 1 amide bonds. The lowest BCUT2D eigenvalue weighted by Crippen LogP contribution is -2.43. The van der Waals surface area contributed by atoms with Gasteiger partial charge in [0, 0.05) is 13.5 Å². The predicted octanol–water partition coefficient (Wildman–Crippen LogP) is 0.782. The van der Waals surface area contributed by atoms with Crippen molar-refractivity contribution in [3.63, 3.8) is 0 Å². The van der Waals surface area contributed by atoms with Gasteiger partial charge in [-0.1, -0.05) is 12.8 Å². The van der Waals surface area contributed by atoms with Crippen LogP contribution in [0, 0.1) is 5.92 Å². The number of hydrogen-bond donors (Lipinski definition) is 2. The topological polar surface area (TPSA) is 75.6 Å². The molecule has 1 aliphatic rings. The van der Waals surface area contributed by atoms with E-state index in [9.17, 15) is 9.59 Å². The van der Waals surface area contributed by atoms with Gasteiger partial charge >= 0.3 is 5.97 Å². The Morgan fingerprint density at radius 3 is 2.56 bits per heavy atom. The van der Waals surface area contributed by atoms with Crippen LogP contribution in [0.2, 0.25) is 0 Å². The van der Waals surface area contributed by atoms with Gasteiger partial charge in [0.2, 0.25) is 5.91 Å². The summed E-state index contributed by atoms with van der Waals surface area (Å²) in [5.74, 6) is -0.842. The first kappa shape index (κ1) is 13.0. The molecule has 0 aromatic carbocycles. The smallest absolute Gasteiger partial charge is 0.328 e. The molecule has 0 radical (unpaired) electrons. The third-order valence-corrected chi connectivity index (χ3v) is 2.79. The van der Waals surface area contributed by atoms with Crippen LogP contribution in [0.1, 0.15) is 32.6 Å². The average Bonchev–Trinajstić information content (AvgIpc) is 2.68. The minimum Gasteiger partial charge on any atom is -0.480 e. The molecule has 0 bridgehead atoms. The standard InChI is InChI=1S/C11H19NO4/c1-8(13)12-10(11(14)15)7-16-6-9-4-2-3-5-9/h9-10H,2-7H2,1H3,(H,12,13)(H,14,15). The lowest BCUT2D eigenvalue weighted by molar-refractivity contribution is -0.143. The van der Waals surface area contributed by atoms with E-state index in [-0.39, 0.29) is 12.5 Å². The van der Waals surface area contributed by atoms with Crippen molar-refractivity contribution >= 4 is 11.9 Å². The van der Waals surface area contributed by atoms with Gasteiger partial charge in [0.05, 0.1) is 6.61 Å². The summed E-state index contributed by atoms with van der Waals surface area (Å²) < 4.78 is 5.35. The molecule has 1 rings (SSSR count). The van der Waals surface area contributed by atoms with Crippen LogP contribution in [-0.4, -0.2) is 36.2 Å². The number of nitrogens with one attached hydrogen (secondary N) is 1. The number of rotatable bonds is 6. The first-order valence-corrected chi connectivity index (χ1v) is 5.67. The molecular weight excluding hydrogens is 210 g/mol. The van der Waals surface area contributed by atoms with Gasteiger partial charge in [-0.25, -0.2) is 4.79 Å². The number of aliphatic carboxylic acids is 1. The minimum absolute atomic E-state index is 0.0470. The second kappa shape index (κ2) is 6.48. The normalized spacial score (nSPS) is 18.3. The van der Waals surface area contributed by atoms with Crippen molar-refractivity contribution in [2.24, 2.45) is 5.92 Å². The zero-order chi connectivity index (χ0) is 12.0. The molecule has 5 nitrogen and oxygen atoms in total. The Balaban J connectivity index is 2.21. The fourth-order valence-electron chi connectivity index (χ4n) is 1.95. The van der Waals surface area contributed by atoms with Crippen LogP contribution in [0.5, 0.6) is 0 Å². The van der Waals surface area contributed by atoms with Crippen molar-refractivity contribution in [3.8, 4) is 0 Å². The van der Waals surface area contributed by atoms with Crippen LogP contribution in [0.15, 0.2) is 0 Å². The molecule has 0 heterocycles. The molecule has 5 heteroatoms. The third kappa shape index (κ3) is 4.61. The number of carboxylic acid groups (broad SMARTS) is 1. The number of carbonyl (C=O) groups excluding carboxylic acids is 1. The van der Waals surface area contributed by atoms with Gasteiger partial charge in [-0.15, -0.1) is 0 Å². The maximum Gasteiger partial charge on any atom is 0.328 e. The second-order valence-electron chi connectivity index (χ2n) is 4.28. The van der Waals surface area contributed by atoms with Crippen molar-refractivity contribution in [2.45, 2.75) is 38.6 Å². The van der Waals surface area contributed by atoms with Crippen LogP contribution in [0.4, 0.5) is 0 Å². The zero-order valence-corrected chi connectivity index (χ0v) is 9.57. The molecule has 0 spiro atoms. The van der Waals surface area contributed by atoms with Crippen LogP contribution in [-0.2, 0) is 14.3 Å². The first-order valence-electron chi connectivity index (χ1n) is 5.67. The summed E-state index contributed by atoms with van der Waals surface area (Å²) in [4.78, 5) is 21.5. The second-order valence-corrected chi connectivity index (χ2v) is 4.28. The molecule has 16 heavy (non-hydrogen) atoms. The molecule has 0 aromatic heterocycles. The summed E-state index contributed by atoms with van der Waals surface area (Å²) in [5, 5.41) is 11.2. The van der Waals surface area contributed by atoms with Gasteiger partial charge in [-0.3, -0.25) is 4.79 Å². The molecule has 92 valence electrons. The van der Waals surface area contributed by atoms with Gasteiger partial charge in [-0.05, 0) is 18.8 Å². The molecule has 1 aliphatic carbocycles. The lowest BCUT2D eigenvalue weighted by Gasteiger charge is -2.15. The van der Waals surface area contributed by atoms with Gasteiger partial charge in [0.1, 0.15) is 0 Å². The monoisotopic (exact) mass is 229 g/mol. The van der Waals surface area contributed by atoms with E-state index in [0.29, 0.717) is 12.5 Å². The number of carbonyl (C=O) groups is 2. The minimum atomic E-state index is -1.05. The zero-order valence-electron chi connectivity index (χ0n) is 9.57. The Hall–Kier alpha value is -1.10. The van der Waals surface area contributed by atoms with Crippen molar-refractivity contribution in [3.05, 3.63) is 0 Å². The van der Waals surface area contributed by atoms with Gasteiger partial charge in [-0.2, -0.15) is 0 Å². The molecule has 0 aromatic rings. The molecule has 0 aliphatic heterocycles. The van der Waals surface area contributed by atoms with Crippen LogP contribution in [0.25, 0.3) is 0 Å². The molecular formula is C11H19NO4. The van der Waals surface area contributed by atoms with Crippen molar-refractivity contribution in [1.82, 2.24) is 5.32 Å². The average molecular weight is 229 g/mol. The van der Waals surface area contributed by atoms with Crippen LogP contribution < -0.4 is 5.32 Å². The maximum atomic E-state index is 10.8. The van der Waals surface area contributed by atoms with E-state index in [4.69, 9.17) is 9.84 Å². The predicted molar refractivity (Wildman–Crippen MR) is 58.0 cm³/mol. The molecule has 1 atom stereocenters. The van der Waals surface area contributed by atoms with Gasteiger partial charge < -0.3 is 15.2 Å². The SMILES string of the molecule is CC(=O)NC(COCC1CCCC1)C(=O)O.